The van der Waals surface area contributed by atoms with Crippen LogP contribution in [0.1, 0.15) is 16.7 Å². The van der Waals surface area contributed by atoms with E-state index >= 15 is 0 Å². The van der Waals surface area contributed by atoms with Gasteiger partial charge in [0.1, 0.15) is 12.4 Å². The molecule has 0 N–H and O–H groups in total. The van der Waals surface area contributed by atoms with E-state index in [4.69, 9.17) is 9.47 Å². The third kappa shape index (κ3) is 4.79. The van der Waals surface area contributed by atoms with Crippen molar-refractivity contribution in [2.45, 2.75) is 6.61 Å². The first-order valence-electron chi connectivity index (χ1n) is 8.52. The number of halogens is 2. The molecular weight excluding hydrogens is 421 g/mol. The summed E-state index contributed by atoms with van der Waals surface area (Å²) in [7, 11) is 1.57. The van der Waals surface area contributed by atoms with Gasteiger partial charge in [-0.05, 0) is 47.0 Å². The maximum Gasteiger partial charge on any atom is 0.162 e. The van der Waals surface area contributed by atoms with E-state index in [9.17, 15) is 9.65 Å². The first-order chi connectivity index (χ1) is 13.6. The lowest BCUT2D eigenvalue weighted by atomic mass is 10.0. The third-order valence-corrected chi connectivity index (χ3v) is 4.78. The van der Waals surface area contributed by atoms with E-state index in [1.54, 1.807) is 31.4 Å². The minimum atomic E-state index is -0.344. The normalized spacial score (nSPS) is 11.0. The summed E-state index contributed by atoms with van der Waals surface area (Å²) in [6, 6.07) is 21.4. The van der Waals surface area contributed by atoms with Crippen LogP contribution in [0.2, 0.25) is 0 Å². The molecule has 0 saturated heterocycles. The van der Waals surface area contributed by atoms with Crippen molar-refractivity contribution < 1.29 is 13.9 Å². The van der Waals surface area contributed by atoms with E-state index in [2.05, 4.69) is 22.0 Å². The molecule has 0 aromatic heterocycles. The molecule has 140 valence electrons. The van der Waals surface area contributed by atoms with Gasteiger partial charge in [-0.2, -0.15) is 5.26 Å². The highest BCUT2D eigenvalue weighted by atomic mass is 79.9. The standard InChI is InChI=1S/C23H17BrFNO2/c1-27-22-12-18(11-19(14-26)17-7-9-20(25)10-8-17)21(24)13-23(22)28-15-16-5-3-2-4-6-16/h2-13H,15H2,1H3/b19-11+. The number of methoxy groups -OCH3 is 1. The zero-order chi connectivity index (χ0) is 19.9. The zero-order valence-electron chi connectivity index (χ0n) is 15.2. The largest absolute Gasteiger partial charge is 0.493 e. The van der Waals surface area contributed by atoms with Gasteiger partial charge in [0, 0.05) is 4.47 Å². The molecule has 3 aromatic carbocycles. The summed E-state index contributed by atoms with van der Waals surface area (Å²) in [6.07, 6.45) is 1.72. The van der Waals surface area contributed by atoms with Gasteiger partial charge < -0.3 is 9.47 Å². The van der Waals surface area contributed by atoms with E-state index < -0.39 is 0 Å². The molecule has 3 rings (SSSR count). The highest BCUT2D eigenvalue weighted by molar-refractivity contribution is 9.10. The van der Waals surface area contributed by atoms with Gasteiger partial charge in [-0.3, -0.25) is 0 Å². The Balaban J connectivity index is 1.90. The fraction of sp³-hybridized carbons (Fsp3) is 0.0870. The Morgan fingerprint density at radius 2 is 1.79 bits per heavy atom. The van der Waals surface area contributed by atoms with Gasteiger partial charge >= 0.3 is 0 Å². The van der Waals surface area contributed by atoms with Crippen LogP contribution in [0.15, 0.2) is 71.2 Å². The van der Waals surface area contributed by atoms with Gasteiger partial charge in [-0.15, -0.1) is 0 Å². The highest BCUT2D eigenvalue weighted by Gasteiger charge is 2.11. The number of rotatable bonds is 6. The van der Waals surface area contributed by atoms with Crippen LogP contribution in [-0.4, -0.2) is 7.11 Å². The quantitative estimate of drug-likeness (QED) is 0.338. The van der Waals surface area contributed by atoms with Crippen LogP contribution in [0, 0.1) is 17.1 Å². The Bertz CT molecular complexity index is 1020. The SMILES string of the molecule is COc1cc(/C=C(\C#N)c2ccc(F)cc2)c(Br)cc1OCc1ccccc1. The molecule has 3 nitrogen and oxygen atoms in total. The van der Waals surface area contributed by atoms with E-state index in [0.29, 0.717) is 29.2 Å². The summed E-state index contributed by atoms with van der Waals surface area (Å²) in [5.41, 5.74) is 2.86. The predicted molar refractivity (Wildman–Crippen MR) is 111 cm³/mol. The molecule has 0 saturated carbocycles. The van der Waals surface area contributed by atoms with Crippen molar-refractivity contribution >= 4 is 27.6 Å². The van der Waals surface area contributed by atoms with Gasteiger partial charge in [0.15, 0.2) is 11.5 Å². The van der Waals surface area contributed by atoms with Crippen LogP contribution in [0.3, 0.4) is 0 Å². The number of hydrogen-bond donors (Lipinski definition) is 0. The van der Waals surface area contributed by atoms with Crippen molar-refractivity contribution in [1.29, 1.82) is 5.26 Å². The molecule has 0 aliphatic heterocycles. The zero-order valence-corrected chi connectivity index (χ0v) is 16.7. The van der Waals surface area contributed by atoms with E-state index in [0.717, 1.165) is 15.6 Å². The van der Waals surface area contributed by atoms with Gasteiger partial charge in [0.25, 0.3) is 0 Å². The average molecular weight is 438 g/mol. The van der Waals surface area contributed by atoms with Gasteiger partial charge in [-0.1, -0.05) is 58.4 Å². The highest BCUT2D eigenvalue weighted by Crippen LogP contribution is 2.35. The number of nitrogens with zero attached hydrogens (tertiary/aromatic N) is 1. The van der Waals surface area contributed by atoms with Crippen LogP contribution in [0.5, 0.6) is 11.5 Å². The summed E-state index contributed by atoms with van der Waals surface area (Å²) in [6.45, 7) is 0.415. The second kappa shape index (κ2) is 9.20. The van der Waals surface area contributed by atoms with Crippen LogP contribution < -0.4 is 9.47 Å². The molecular formula is C23H17BrFNO2. The van der Waals surface area contributed by atoms with E-state index in [1.807, 2.05) is 36.4 Å². The van der Waals surface area contributed by atoms with E-state index in [-0.39, 0.29) is 5.82 Å². The molecule has 3 aromatic rings. The summed E-state index contributed by atoms with van der Waals surface area (Å²) < 4.78 is 25.3. The predicted octanol–water partition coefficient (Wildman–Crippen LogP) is 6.24. The second-order valence-electron chi connectivity index (χ2n) is 5.98. The lowest BCUT2D eigenvalue weighted by Crippen LogP contribution is -1.98. The second-order valence-corrected chi connectivity index (χ2v) is 6.83. The van der Waals surface area contributed by atoms with Crippen molar-refractivity contribution in [3.8, 4) is 17.6 Å². The molecule has 5 heteroatoms. The topological polar surface area (TPSA) is 42.2 Å². The lowest BCUT2D eigenvalue weighted by Gasteiger charge is -2.13. The summed E-state index contributed by atoms with van der Waals surface area (Å²) in [4.78, 5) is 0. The Morgan fingerprint density at radius 3 is 2.43 bits per heavy atom. The van der Waals surface area contributed by atoms with Gasteiger partial charge in [0.05, 0.1) is 18.8 Å². The smallest absolute Gasteiger partial charge is 0.162 e. The lowest BCUT2D eigenvalue weighted by molar-refractivity contribution is 0.284. The van der Waals surface area contributed by atoms with Crippen LogP contribution in [0.4, 0.5) is 4.39 Å². The molecule has 0 atom stereocenters. The first-order valence-corrected chi connectivity index (χ1v) is 9.32. The van der Waals surface area contributed by atoms with Crippen LogP contribution >= 0.6 is 15.9 Å². The summed E-state index contributed by atoms with van der Waals surface area (Å²) in [5, 5.41) is 9.51. The Labute approximate surface area is 171 Å². The molecule has 0 heterocycles. The number of allylic oxidation sites excluding steroid dienone is 1. The number of benzene rings is 3. The maximum absolute atomic E-state index is 13.1. The molecule has 0 spiro atoms. The van der Waals surface area contributed by atoms with Crippen molar-refractivity contribution in [2.75, 3.05) is 7.11 Å². The Hall–Kier alpha value is -3.10. The summed E-state index contributed by atoms with van der Waals surface area (Å²) in [5.74, 6) is 0.807. The van der Waals surface area contributed by atoms with Crippen molar-refractivity contribution in [3.05, 3.63) is 93.7 Å². The van der Waals surface area contributed by atoms with Crippen LogP contribution in [-0.2, 0) is 6.61 Å². The van der Waals surface area contributed by atoms with Crippen molar-refractivity contribution in [2.24, 2.45) is 0 Å². The van der Waals surface area contributed by atoms with Crippen molar-refractivity contribution in [3.63, 3.8) is 0 Å². The average Bonchev–Trinajstić information content (AvgIpc) is 2.73. The monoisotopic (exact) mass is 437 g/mol. The molecule has 0 radical (unpaired) electrons. The number of ether oxygens (including phenoxy) is 2. The molecule has 0 bridgehead atoms. The molecule has 0 aliphatic carbocycles. The third-order valence-electron chi connectivity index (χ3n) is 4.10. The van der Waals surface area contributed by atoms with Gasteiger partial charge in [0.2, 0.25) is 0 Å². The molecule has 0 amide bonds. The minimum Gasteiger partial charge on any atom is -0.493 e. The fourth-order valence-electron chi connectivity index (χ4n) is 2.63. The summed E-state index contributed by atoms with van der Waals surface area (Å²) >= 11 is 3.53. The maximum atomic E-state index is 13.1. The fourth-order valence-corrected chi connectivity index (χ4v) is 3.07. The molecule has 0 aliphatic rings. The minimum absolute atomic E-state index is 0.344. The first kappa shape index (κ1) is 19.7. The number of hydrogen-bond acceptors (Lipinski definition) is 3. The van der Waals surface area contributed by atoms with Crippen LogP contribution in [0.25, 0.3) is 11.6 Å². The van der Waals surface area contributed by atoms with E-state index in [1.165, 1.54) is 12.1 Å². The molecule has 0 unspecified atom stereocenters. The van der Waals surface area contributed by atoms with Crippen molar-refractivity contribution in [1.82, 2.24) is 0 Å². The molecule has 28 heavy (non-hydrogen) atoms. The molecule has 0 fully saturated rings. The van der Waals surface area contributed by atoms with Gasteiger partial charge in [-0.25, -0.2) is 4.39 Å². The Morgan fingerprint density at radius 1 is 1.07 bits per heavy atom. The number of nitriles is 1. The Kier molecular flexibility index (Phi) is 6.46.